The molecular formula is C25H20O4. The van der Waals surface area contributed by atoms with Gasteiger partial charge in [-0.25, -0.2) is 0 Å². The highest BCUT2D eigenvalue weighted by Gasteiger charge is 2.16. The lowest BCUT2D eigenvalue weighted by atomic mass is 10.0. The summed E-state index contributed by atoms with van der Waals surface area (Å²) in [5.41, 5.74) is 2.85. The maximum absolute atomic E-state index is 12.9. The average Bonchev–Trinajstić information content (AvgIpc) is 3.20. The maximum atomic E-state index is 12.9. The van der Waals surface area contributed by atoms with E-state index in [1.54, 1.807) is 31.4 Å². The minimum atomic E-state index is -0.104. The molecule has 4 aromatic rings. The Labute approximate surface area is 169 Å². The minimum absolute atomic E-state index is 0.104. The smallest absolute Gasteiger partial charge is 0.196 e. The summed E-state index contributed by atoms with van der Waals surface area (Å²) in [4.78, 5) is 12.9. The summed E-state index contributed by atoms with van der Waals surface area (Å²) < 4.78 is 16.5. The Morgan fingerprint density at radius 3 is 2.48 bits per heavy atom. The van der Waals surface area contributed by atoms with Gasteiger partial charge < -0.3 is 13.9 Å². The van der Waals surface area contributed by atoms with Crippen molar-refractivity contribution in [1.29, 1.82) is 0 Å². The molecule has 0 amide bonds. The summed E-state index contributed by atoms with van der Waals surface area (Å²) in [5.74, 6) is 1.28. The molecule has 1 heterocycles. The number of methoxy groups -OCH3 is 1. The van der Waals surface area contributed by atoms with E-state index >= 15 is 0 Å². The third-order valence-corrected chi connectivity index (χ3v) is 4.60. The van der Waals surface area contributed by atoms with Gasteiger partial charge in [-0.3, -0.25) is 4.79 Å². The van der Waals surface area contributed by atoms with Crippen LogP contribution in [0.1, 0.15) is 21.5 Å². The summed E-state index contributed by atoms with van der Waals surface area (Å²) in [6.45, 7) is 0.431. The lowest BCUT2D eigenvalue weighted by molar-refractivity contribution is 0.103. The van der Waals surface area contributed by atoms with Gasteiger partial charge in [0.1, 0.15) is 30.0 Å². The lowest BCUT2D eigenvalue weighted by Gasteiger charge is -2.04. The predicted octanol–water partition coefficient (Wildman–Crippen LogP) is 5.76. The fourth-order valence-corrected chi connectivity index (χ4v) is 3.06. The largest absolute Gasteiger partial charge is 0.497 e. The SMILES string of the molecule is COc1ccc(C(=O)c2coc3ccc(OCC=Cc4ccccc4)cc23)cc1. The van der Waals surface area contributed by atoms with Crippen LogP contribution in [-0.2, 0) is 0 Å². The van der Waals surface area contributed by atoms with Gasteiger partial charge in [-0.05, 0) is 54.1 Å². The summed E-state index contributed by atoms with van der Waals surface area (Å²) in [5, 5.41) is 0.732. The van der Waals surface area contributed by atoms with Crippen molar-refractivity contribution in [3.05, 3.63) is 102 Å². The Morgan fingerprint density at radius 1 is 0.966 bits per heavy atom. The Hall–Kier alpha value is -3.79. The molecule has 0 atom stereocenters. The molecule has 0 N–H and O–H groups in total. The molecular weight excluding hydrogens is 364 g/mol. The van der Waals surface area contributed by atoms with E-state index in [0.717, 1.165) is 10.9 Å². The summed E-state index contributed by atoms with van der Waals surface area (Å²) in [7, 11) is 1.59. The van der Waals surface area contributed by atoms with E-state index in [1.165, 1.54) is 6.26 Å². The van der Waals surface area contributed by atoms with Gasteiger partial charge in [-0.1, -0.05) is 36.4 Å². The molecule has 4 nitrogen and oxygen atoms in total. The number of ketones is 1. The van der Waals surface area contributed by atoms with E-state index in [9.17, 15) is 4.79 Å². The number of rotatable bonds is 7. The van der Waals surface area contributed by atoms with Crippen LogP contribution in [0, 0.1) is 0 Å². The van der Waals surface area contributed by atoms with Gasteiger partial charge in [0.15, 0.2) is 5.78 Å². The molecule has 0 radical (unpaired) electrons. The van der Waals surface area contributed by atoms with Gasteiger partial charge >= 0.3 is 0 Å². The van der Waals surface area contributed by atoms with Gasteiger partial charge in [-0.15, -0.1) is 0 Å². The van der Waals surface area contributed by atoms with E-state index in [4.69, 9.17) is 13.9 Å². The first-order valence-corrected chi connectivity index (χ1v) is 9.29. The van der Waals surface area contributed by atoms with Crippen LogP contribution in [-0.4, -0.2) is 19.5 Å². The standard InChI is InChI=1S/C25H20O4/c1-27-20-11-9-19(10-12-20)25(26)23-17-29-24-14-13-21(16-22(23)24)28-15-5-8-18-6-3-2-4-7-18/h2-14,16-17H,15H2,1H3. The van der Waals surface area contributed by atoms with Crippen molar-refractivity contribution < 1.29 is 18.7 Å². The van der Waals surface area contributed by atoms with Gasteiger partial charge in [0.2, 0.25) is 0 Å². The molecule has 0 aliphatic carbocycles. The maximum Gasteiger partial charge on any atom is 0.196 e. The summed E-state index contributed by atoms with van der Waals surface area (Å²) >= 11 is 0. The highest BCUT2D eigenvalue weighted by atomic mass is 16.5. The number of hydrogen-bond donors (Lipinski definition) is 0. The van der Waals surface area contributed by atoms with Crippen LogP contribution in [0.3, 0.4) is 0 Å². The second-order valence-electron chi connectivity index (χ2n) is 6.49. The number of hydrogen-bond acceptors (Lipinski definition) is 4. The third-order valence-electron chi connectivity index (χ3n) is 4.60. The van der Waals surface area contributed by atoms with Gasteiger partial charge in [0.05, 0.1) is 12.7 Å². The molecule has 0 fully saturated rings. The van der Waals surface area contributed by atoms with Crippen molar-refractivity contribution in [2.75, 3.05) is 13.7 Å². The third kappa shape index (κ3) is 4.22. The number of carbonyl (C=O) groups is 1. The van der Waals surface area contributed by atoms with Crippen LogP contribution in [0.2, 0.25) is 0 Å². The molecule has 0 bridgehead atoms. The second-order valence-corrected chi connectivity index (χ2v) is 6.49. The zero-order valence-corrected chi connectivity index (χ0v) is 16.0. The Morgan fingerprint density at radius 2 is 1.72 bits per heavy atom. The Balaban J connectivity index is 1.51. The van der Waals surface area contributed by atoms with E-state index < -0.39 is 0 Å². The monoisotopic (exact) mass is 384 g/mol. The number of benzene rings is 3. The van der Waals surface area contributed by atoms with Gasteiger partial charge in [0.25, 0.3) is 0 Å². The molecule has 29 heavy (non-hydrogen) atoms. The summed E-state index contributed by atoms with van der Waals surface area (Å²) in [6.07, 6.45) is 5.46. The summed E-state index contributed by atoms with van der Waals surface area (Å²) in [6, 6.07) is 22.6. The Kier molecular flexibility index (Phi) is 5.43. The topological polar surface area (TPSA) is 48.7 Å². The quantitative estimate of drug-likeness (QED) is 0.380. The number of fused-ring (bicyclic) bond motifs is 1. The highest BCUT2D eigenvalue weighted by Crippen LogP contribution is 2.28. The number of carbonyl (C=O) groups excluding carboxylic acids is 1. The molecule has 1 aromatic heterocycles. The fraction of sp³-hybridized carbons (Fsp3) is 0.0800. The van der Waals surface area contributed by atoms with Crippen molar-refractivity contribution in [2.24, 2.45) is 0 Å². The number of ether oxygens (including phenoxy) is 2. The molecule has 0 aliphatic heterocycles. The van der Waals surface area contributed by atoms with E-state index in [1.807, 2.05) is 60.7 Å². The first-order chi connectivity index (χ1) is 14.2. The first kappa shape index (κ1) is 18.6. The van der Waals surface area contributed by atoms with Crippen LogP contribution < -0.4 is 9.47 Å². The molecule has 4 heteroatoms. The predicted molar refractivity (Wildman–Crippen MR) is 114 cm³/mol. The zero-order chi connectivity index (χ0) is 20.1. The fourth-order valence-electron chi connectivity index (χ4n) is 3.06. The number of furan rings is 1. The molecule has 144 valence electrons. The van der Waals surface area contributed by atoms with Crippen molar-refractivity contribution in [3.8, 4) is 11.5 Å². The van der Waals surface area contributed by atoms with E-state index in [2.05, 4.69) is 0 Å². The van der Waals surface area contributed by atoms with Gasteiger partial charge in [0, 0.05) is 10.9 Å². The lowest BCUT2D eigenvalue weighted by Crippen LogP contribution is -2.00. The highest BCUT2D eigenvalue weighted by molar-refractivity contribution is 6.16. The molecule has 4 rings (SSSR count). The van der Waals surface area contributed by atoms with E-state index in [-0.39, 0.29) is 5.78 Å². The van der Waals surface area contributed by atoms with E-state index in [0.29, 0.717) is 34.8 Å². The molecule has 3 aromatic carbocycles. The normalized spacial score (nSPS) is 11.1. The molecule has 0 saturated heterocycles. The van der Waals surface area contributed by atoms with Crippen LogP contribution in [0.4, 0.5) is 0 Å². The van der Waals surface area contributed by atoms with Crippen LogP contribution in [0.5, 0.6) is 11.5 Å². The van der Waals surface area contributed by atoms with Crippen molar-refractivity contribution in [2.45, 2.75) is 0 Å². The molecule has 0 unspecified atom stereocenters. The van der Waals surface area contributed by atoms with Crippen LogP contribution >= 0.6 is 0 Å². The van der Waals surface area contributed by atoms with Gasteiger partial charge in [-0.2, -0.15) is 0 Å². The van der Waals surface area contributed by atoms with Crippen LogP contribution in [0.15, 0.2) is 89.6 Å². The zero-order valence-electron chi connectivity index (χ0n) is 16.0. The van der Waals surface area contributed by atoms with Crippen molar-refractivity contribution >= 4 is 22.8 Å². The van der Waals surface area contributed by atoms with Crippen LogP contribution in [0.25, 0.3) is 17.0 Å². The molecule has 0 saturated carbocycles. The average molecular weight is 384 g/mol. The van der Waals surface area contributed by atoms with Crippen molar-refractivity contribution in [3.63, 3.8) is 0 Å². The Bertz CT molecular complexity index is 1140. The molecule has 0 spiro atoms. The first-order valence-electron chi connectivity index (χ1n) is 9.29. The second kappa shape index (κ2) is 8.48. The van der Waals surface area contributed by atoms with Crippen molar-refractivity contribution in [1.82, 2.24) is 0 Å². The molecule has 0 aliphatic rings. The minimum Gasteiger partial charge on any atom is -0.497 e.